The van der Waals surface area contributed by atoms with E-state index in [4.69, 9.17) is 4.42 Å². The van der Waals surface area contributed by atoms with Gasteiger partial charge in [-0.15, -0.1) is 0 Å². The molecular weight excluding hydrogens is 234 g/mol. The standard InChI is InChI=1S/C13H11NO4/c1-8-5-10(14(16)17)6-9(2)13(8)12-4-3-11(7-15)18-12/h3-7H,1-2H3. The summed E-state index contributed by atoms with van der Waals surface area (Å²) in [6.45, 7) is 3.55. The Kier molecular flexibility index (Phi) is 2.97. The van der Waals surface area contributed by atoms with Crippen molar-refractivity contribution in [3.8, 4) is 11.3 Å². The van der Waals surface area contributed by atoms with Crippen molar-refractivity contribution in [1.82, 2.24) is 0 Å². The van der Waals surface area contributed by atoms with Crippen molar-refractivity contribution in [2.45, 2.75) is 13.8 Å². The number of furan rings is 1. The molecule has 2 rings (SSSR count). The number of rotatable bonds is 3. The van der Waals surface area contributed by atoms with E-state index >= 15 is 0 Å². The van der Waals surface area contributed by atoms with Crippen LogP contribution in [0.1, 0.15) is 21.7 Å². The number of hydrogen-bond acceptors (Lipinski definition) is 4. The highest BCUT2D eigenvalue weighted by Gasteiger charge is 2.15. The molecule has 0 saturated heterocycles. The van der Waals surface area contributed by atoms with Crippen LogP contribution in [0, 0.1) is 24.0 Å². The number of carbonyl (C=O) groups is 1. The van der Waals surface area contributed by atoms with E-state index in [9.17, 15) is 14.9 Å². The summed E-state index contributed by atoms with van der Waals surface area (Å²) < 4.78 is 5.34. The summed E-state index contributed by atoms with van der Waals surface area (Å²) >= 11 is 0. The molecule has 0 aliphatic carbocycles. The van der Waals surface area contributed by atoms with Gasteiger partial charge in [-0.25, -0.2) is 0 Å². The molecule has 0 atom stereocenters. The van der Waals surface area contributed by atoms with Gasteiger partial charge in [0.15, 0.2) is 12.0 Å². The number of aldehydes is 1. The Bertz CT molecular complexity index is 605. The Labute approximate surface area is 103 Å². The van der Waals surface area contributed by atoms with E-state index in [2.05, 4.69) is 0 Å². The van der Waals surface area contributed by atoms with Crippen LogP contribution in [-0.2, 0) is 0 Å². The van der Waals surface area contributed by atoms with Gasteiger partial charge in [-0.1, -0.05) is 0 Å². The molecule has 0 amide bonds. The molecule has 0 spiro atoms. The lowest BCUT2D eigenvalue weighted by Crippen LogP contribution is -1.93. The number of hydrogen-bond donors (Lipinski definition) is 0. The molecule has 0 N–H and O–H groups in total. The third-order valence-corrected chi connectivity index (χ3v) is 2.72. The molecule has 0 radical (unpaired) electrons. The fourth-order valence-electron chi connectivity index (χ4n) is 1.99. The second-order valence-corrected chi connectivity index (χ2v) is 4.03. The summed E-state index contributed by atoms with van der Waals surface area (Å²) in [7, 11) is 0. The van der Waals surface area contributed by atoms with Crippen LogP contribution in [0.5, 0.6) is 0 Å². The first kappa shape index (κ1) is 12.0. The summed E-state index contributed by atoms with van der Waals surface area (Å²) in [6, 6.07) is 6.24. The molecule has 1 aromatic carbocycles. The summed E-state index contributed by atoms with van der Waals surface area (Å²) in [6.07, 6.45) is 0.625. The van der Waals surface area contributed by atoms with E-state index in [0.29, 0.717) is 12.0 Å². The molecule has 5 heteroatoms. The lowest BCUT2D eigenvalue weighted by Gasteiger charge is -2.06. The van der Waals surface area contributed by atoms with Crippen molar-refractivity contribution in [3.05, 3.63) is 51.3 Å². The average Bonchev–Trinajstić information content (AvgIpc) is 2.76. The SMILES string of the molecule is Cc1cc([N+](=O)[O-])cc(C)c1-c1ccc(C=O)o1. The van der Waals surface area contributed by atoms with E-state index in [1.54, 1.807) is 26.0 Å². The maximum absolute atomic E-state index is 10.7. The van der Waals surface area contributed by atoms with Crippen molar-refractivity contribution < 1.29 is 14.1 Å². The molecule has 0 unspecified atom stereocenters. The highest BCUT2D eigenvalue weighted by atomic mass is 16.6. The molecule has 0 saturated carbocycles. The van der Waals surface area contributed by atoms with Crippen molar-refractivity contribution in [1.29, 1.82) is 0 Å². The van der Waals surface area contributed by atoms with Gasteiger partial charge < -0.3 is 4.42 Å². The van der Waals surface area contributed by atoms with Crippen molar-refractivity contribution in [2.24, 2.45) is 0 Å². The van der Waals surface area contributed by atoms with Crippen LogP contribution in [0.3, 0.4) is 0 Å². The normalized spacial score (nSPS) is 10.3. The topological polar surface area (TPSA) is 73.3 Å². The Morgan fingerprint density at radius 1 is 1.22 bits per heavy atom. The number of carbonyl (C=O) groups excluding carboxylic acids is 1. The third-order valence-electron chi connectivity index (χ3n) is 2.72. The van der Waals surface area contributed by atoms with E-state index < -0.39 is 4.92 Å². The molecule has 1 heterocycles. The zero-order valence-corrected chi connectivity index (χ0v) is 9.97. The Morgan fingerprint density at radius 3 is 2.28 bits per heavy atom. The van der Waals surface area contributed by atoms with Crippen LogP contribution in [0.2, 0.25) is 0 Å². The van der Waals surface area contributed by atoms with E-state index in [1.807, 2.05) is 0 Å². The summed E-state index contributed by atoms with van der Waals surface area (Å²) in [5.74, 6) is 0.782. The first-order chi connectivity index (χ1) is 8.52. The summed E-state index contributed by atoms with van der Waals surface area (Å²) in [4.78, 5) is 20.9. The number of non-ortho nitro benzene ring substituents is 1. The third kappa shape index (κ3) is 2.02. The second-order valence-electron chi connectivity index (χ2n) is 4.03. The van der Waals surface area contributed by atoms with Crippen LogP contribution in [0.25, 0.3) is 11.3 Å². The molecule has 0 aliphatic heterocycles. The molecule has 0 bridgehead atoms. The second kappa shape index (κ2) is 4.44. The monoisotopic (exact) mass is 245 g/mol. The largest absolute Gasteiger partial charge is 0.453 e. The average molecular weight is 245 g/mol. The molecule has 2 aromatic rings. The van der Waals surface area contributed by atoms with Crippen LogP contribution in [0.15, 0.2) is 28.7 Å². The van der Waals surface area contributed by atoms with Gasteiger partial charge in [0.1, 0.15) is 5.76 Å². The van der Waals surface area contributed by atoms with Gasteiger partial charge in [0.2, 0.25) is 0 Å². The summed E-state index contributed by atoms with van der Waals surface area (Å²) in [5.41, 5.74) is 2.33. The van der Waals surface area contributed by atoms with E-state index in [-0.39, 0.29) is 11.4 Å². The molecule has 92 valence electrons. The fourth-order valence-corrected chi connectivity index (χ4v) is 1.99. The minimum atomic E-state index is -0.428. The maximum Gasteiger partial charge on any atom is 0.270 e. The smallest absolute Gasteiger partial charge is 0.270 e. The molecular formula is C13H11NO4. The number of nitro groups is 1. The van der Waals surface area contributed by atoms with Crippen molar-refractivity contribution in [3.63, 3.8) is 0 Å². The maximum atomic E-state index is 10.7. The highest BCUT2D eigenvalue weighted by molar-refractivity contribution is 5.75. The zero-order valence-electron chi connectivity index (χ0n) is 9.97. The van der Waals surface area contributed by atoms with Gasteiger partial charge in [-0.2, -0.15) is 0 Å². The first-order valence-electron chi connectivity index (χ1n) is 5.34. The molecule has 0 aliphatic rings. The Balaban J connectivity index is 2.57. The predicted octanol–water partition coefficient (Wildman–Crippen LogP) is 3.28. The minimum Gasteiger partial charge on any atom is -0.453 e. The van der Waals surface area contributed by atoms with Crippen molar-refractivity contribution in [2.75, 3.05) is 0 Å². The van der Waals surface area contributed by atoms with Gasteiger partial charge in [-0.3, -0.25) is 14.9 Å². The first-order valence-corrected chi connectivity index (χ1v) is 5.34. The highest BCUT2D eigenvalue weighted by Crippen LogP contribution is 2.31. The number of nitro benzene ring substituents is 1. The lowest BCUT2D eigenvalue weighted by molar-refractivity contribution is -0.384. The van der Waals surface area contributed by atoms with Crippen LogP contribution < -0.4 is 0 Å². The minimum absolute atomic E-state index is 0.0518. The molecule has 1 aromatic heterocycles. The van der Waals surface area contributed by atoms with Gasteiger partial charge in [0.05, 0.1) is 4.92 Å². The zero-order chi connectivity index (χ0) is 13.3. The Hall–Kier alpha value is -2.43. The van der Waals surface area contributed by atoms with Crippen LogP contribution in [-0.4, -0.2) is 11.2 Å². The molecule has 18 heavy (non-hydrogen) atoms. The van der Waals surface area contributed by atoms with E-state index in [0.717, 1.165) is 16.7 Å². The van der Waals surface area contributed by atoms with Crippen LogP contribution in [0.4, 0.5) is 5.69 Å². The number of benzene rings is 1. The fraction of sp³-hybridized carbons (Fsp3) is 0.154. The van der Waals surface area contributed by atoms with Gasteiger partial charge in [-0.05, 0) is 37.1 Å². The Morgan fingerprint density at radius 2 is 1.83 bits per heavy atom. The molecule has 0 fully saturated rings. The number of aryl methyl sites for hydroxylation is 2. The van der Waals surface area contributed by atoms with Gasteiger partial charge in [0.25, 0.3) is 5.69 Å². The van der Waals surface area contributed by atoms with Crippen molar-refractivity contribution >= 4 is 12.0 Å². The lowest BCUT2D eigenvalue weighted by atomic mass is 10.00. The predicted molar refractivity (Wildman–Crippen MR) is 65.7 cm³/mol. The van der Waals surface area contributed by atoms with Gasteiger partial charge >= 0.3 is 0 Å². The quantitative estimate of drug-likeness (QED) is 0.472. The molecule has 5 nitrogen and oxygen atoms in total. The van der Waals surface area contributed by atoms with Gasteiger partial charge in [0, 0.05) is 17.7 Å². The van der Waals surface area contributed by atoms with Crippen LogP contribution >= 0.6 is 0 Å². The van der Waals surface area contributed by atoms with E-state index in [1.165, 1.54) is 12.1 Å². The number of nitrogens with zero attached hydrogens (tertiary/aromatic N) is 1. The summed E-state index contributed by atoms with van der Waals surface area (Å²) in [5, 5.41) is 10.7.